The number of allylic oxidation sites excluding steroid dienone is 3. The van der Waals surface area contributed by atoms with E-state index in [0.717, 1.165) is 4.88 Å². The van der Waals surface area contributed by atoms with Crippen LogP contribution in [-0.4, -0.2) is 38.7 Å². The van der Waals surface area contributed by atoms with Crippen molar-refractivity contribution in [3.63, 3.8) is 0 Å². The van der Waals surface area contributed by atoms with Gasteiger partial charge >= 0.3 is 11.9 Å². The van der Waals surface area contributed by atoms with Gasteiger partial charge in [-0.15, -0.1) is 11.3 Å². The molecule has 34 heavy (non-hydrogen) atoms. The zero-order valence-corrected chi connectivity index (χ0v) is 19.7. The first-order valence-corrected chi connectivity index (χ1v) is 11.7. The zero-order valence-electron chi connectivity index (χ0n) is 18.9. The standard InChI is InChI=1S/C25H23NO7S/c1-12-19(24(28)30-2)20(13-6-7-16-17(9-13)33-11-32-16)22-15(26-12)10-14(18-5-4-8-34-18)21(23(22)27)25(29)31-3/h4-9,14,20-21,26H,10-11H2,1-3H3/t14-,20+,21+/m0/s1. The number of fused-ring (bicyclic) bond motifs is 1. The molecule has 0 unspecified atom stereocenters. The second-order valence-electron chi connectivity index (χ2n) is 8.28. The highest BCUT2D eigenvalue weighted by molar-refractivity contribution is 7.10. The molecule has 0 spiro atoms. The van der Waals surface area contributed by atoms with Crippen molar-refractivity contribution >= 4 is 29.1 Å². The zero-order chi connectivity index (χ0) is 24.0. The van der Waals surface area contributed by atoms with Gasteiger partial charge in [0.15, 0.2) is 17.3 Å². The summed E-state index contributed by atoms with van der Waals surface area (Å²) in [6.45, 7) is 1.89. The molecular weight excluding hydrogens is 458 g/mol. The van der Waals surface area contributed by atoms with Gasteiger partial charge in [0.2, 0.25) is 6.79 Å². The van der Waals surface area contributed by atoms with Crippen LogP contribution in [0.5, 0.6) is 11.5 Å². The van der Waals surface area contributed by atoms with Crippen LogP contribution in [0, 0.1) is 5.92 Å². The smallest absolute Gasteiger partial charge is 0.336 e. The van der Waals surface area contributed by atoms with E-state index in [2.05, 4.69) is 5.32 Å². The maximum atomic E-state index is 14.0. The second-order valence-corrected chi connectivity index (χ2v) is 9.26. The van der Waals surface area contributed by atoms with E-state index in [-0.39, 0.29) is 18.5 Å². The number of methoxy groups -OCH3 is 2. The Hall–Kier alpha value is -3.59. The number of rotatable bonds is 4. The van der Waals surface area contributed by atoms with E-state index in [9.17, 15) is 14.4 Å². The van der Waals surface area contributed by atoms with Crippen LogP contribution in [0.15, 0.2) is 58.3 Å². The van der Waals surface area contributed by atoms with Gasteiger partial charge in [0.1, 0.15) is 5.92 Å². The third kappa shape index (κ3) is 3.47. The fraction of sp³-hybridized carbons (Fsp3) is 0.320. The Bertz CT molecular complexity index is 1240. The minimum Gasteiger partial charge on any atom is -0.468 e. The third-order valence-electron chi connectivity index (χ3n) is 6.52. The Balaban J connectivity index is 1.68. The Morgan fingerprint density at radius 3 is 2.62 bits per heavy atom. The molecule has 3 heterocycles. The van der Waals surface area contributed by atoms with Gasteiger partial charge in [0.25, 0.3) is 0 Å². The van der Waals surface area contributed by atoms with Gasteiger partial charge in [-0.05, 0) is 42.5 Å². The van der Waals surface area contributed by atoms with Crippen LogP contribution < -0.4 is 14.8 Å². The summed E-state index contributed by atoms with van der Waals surface area (Å²) >= 11 is 1.50. The van der Waals surface area contributed by atoms with Crippen molar-refractivity contribution in [2.24, 2.45) is 5.92 Å². The van der Waals surface area contributed by atoms with Crippen LogP contribution in [0.2, 0.25) is 0 Å². The fourth-order valence-electron chi connectivity index (χ4n) is 5.01. The maximum Gasteiger partial charge on any atom is 0.336 e. The quantitative estimate of drug-likeness (QED) is 0.524. The summed E-state index contributed by atoms with van der Waals surface area (Å²) in [7, 11) is 2.58. The first-order valence-electron chi connectivity index (χ1n) is 10.8. The van der Waals surface area contributed by atoms with Gasteiger partial charge in [-0.1, -0.05) is 12.1 Å². The van der Waals surface area contributed by atoms with E-state index < -0.39 is 23.8 Å². The number of carbonyl (C=O) groups is 3. The lowest BCUT2D eigenvalue weighted by Gasteiger charge is -2.39. The fourth-order valence-corrected chi connectivity index (χ4v) is 5.87. The normalized spacial score (nSPS) is 23.4. The van der Waals surface area contributed by atoms with Gasteiger partial charge < -0.3 is 24.3 Å². The Kier molecular flexibility index (Phi) is 5.65. The molecule has 3 atom stereocenters. The topological polar surface area (TPSA) is 100 Å². The number of hydrogen-bond donors (Lipinski definition) is 1. The van der Waals surface area contributed by atoms with Crippen molar-refractivity contribution in [1.29, 1.82) is 0 Å². The van der Waals surface area contributed by atoms with Gasteiger partial charge in [-0.2, -0.15) is 0 Å². The van der Waals surface area contributed by atoms with E-state index in [1.807, 2.05) is 17.5 Å². The molecule has 1 N–H and O–H groups in total. The van der Waals surface area contributed by atoms with Crippen LogP contribution in [0.1, 0.15) is 35.6 Å². The van der Waals surface area contributed by atoms with Crippen molar-refractivity contribution in [2.45, 2.75) is 25.2 Å². The molecule has 3 aliphatic rings. The van der Waals surface area contributed by atoms with Crippen molar-refractivity contribution in [3.05, 3.63) is 68.7 Å². The molecule has 2 aromatic rings. The summed E-state index contributed by atoms with van der Waals surface area (Å²) in [4.78, 5) is 40.7. The van der Waals surface area contributed by atoms with E-state index >= 15 is 0 Å². The number of dihydropyridines is 1. The average Bonchev–Trinajstić information content (AvgIpc) is 3.54. The molecule has 0 bridgehead atoms. The first kappa shape index (κ1) is 22.2. The van der Waals surface area contributed by atoms with Crippen molar-refractivity contribution in [3.8, 4) is 11.5 Å². The third-order valence-corrected chi connectivity index (χ3v) is 7.52. The minimum absolute atomic E-state index is 0.101. The number of Topliss-reactive ketones (excluding diaryl/α,β-unsaturated/α-hetero) is 1. The molecular formula is C25H23NO7S. The van der Waals surface area contributed by atoms with Gasteiger partial charge in [-0.3, -0.25) is 9.59 Å². The Labute approximate surface area is 200 Å². The number of ether oxygens (including phenoxy) is 4. The molecule has 5 rings (SSSR count). The molecule has 0 saturated carbocycles. The molecule has 1 aromatic carbocycles. The summed E-state index contributed by atoms with van der Waals surface area (Å²) in [5, 5.41) is 5.19. The van der Waals surface area contributed by atoms with E-state index in [1.54, 1.807) is 25.1 Å². The largest absolute Gasteiger partial charge is 0.468 e. The van der Waals surface area contributed by atoms with Crippen molar-refractivity contribution < 1.29 is 33.3 Å². The SMILES string of the molecule is COC(=O)C1=C(C)NC2=C(C(=O)[C@H](C(=O)OC)[C@H](c3cccs3)C2)[C@@H]1c1ccc2c(c1)OCO2. The van der Waals surface area contributed by atoms with E-state index in [4.69, 9.17) is 18.9 Å². The molecule has 0 saturated heterocycles. The molecule has 1 aliphatic carbocycles. The van der Waals surface area contributed by atoms with E-state index in [1.165, 1.54) is 25.6 Å². The molecule has 9 heteroatoms. The summed E-state index contributed by atoms with van der Waals surface area (Å²) in [5.41, 5.74) is 2.64. The van der Waals surface area contributed by atoms with Crippen molar-refractivity contribution in [1.82, 2.24) is 5.32 Å². The predicted octanol–water partition coefficient (Wildman–Crippen LogP) is 3.41. The predicted molar refractivity (Wildman–Crippen MR) is 122 cm³/mol. The van der Waals surface area contributed by atoms with Gasteiger partial charge in [-0.25, -0.2) is 4.79 Å². The molecule has 0 fully saturated rings. The van der Waals surface area contributed by atoms with Gasteiger partial charge in [0, 0.05) is 33.7 Å². The summed E-state index contributed by atoms with van der Waals surface area (Å²) in [5.74, 6) is -2.50. The Morgan fingerprint density at radius 1 is 1.12 bits per heavy atom. The van der Waals surface area contributed by atoms with Crippen LogP contribution >= 0.6 is 11.3 Å². The maximum absolute atomic E-state index is 14.0. The average molecular weight is 482 g/mol. The first-order chi connectivity index (χ1) is 16.4. The summed E-state index contributed by atoms with van der Waals surface area (Å²) < 4.78 is 21.1. The monoisotopic (exact) mass is 481 g/mol. The highest BCUT2D eigenvalue weighted by Gasteiger charge is 2.49. The highest BCUT2D eigenvalue weighted by atomic mass is 32.1. The van der Waals surface area contributed by atoms with Crippen LogP contribution in [0.4, 0.5) is 0 Å². The molecule has 0 radical (unpaired) electrons. The number of hydrogen-bond acceptors (Lipinski definition) is 9. The lowest BCUT2D eigenvalue weighted by Crippen LogP contribution is -2.43. The van der Waals surface area contributed by atoms with Crippen LogP contribution in [0.3, 0.4) is 0 Å². The number of thiophene rings is 1. The number of benzene rings is 1. The van der Waals surface area contributed by atoms with E-state index in [0.29, 0.717) is 46.0 Å². The summed E-state index contributed by atoms with van der Waals surface area (Å²) in [6, 6.07) is 9.14. The minimum atomic E-state index is -1.02. The lowest BCUT2D eigenvalue weighted by atomic mass is 9.68. The molecule has 176 valence electrons. The highest BCUT2D eigenvalue weighted by Crippen LogP contribution is 2.49. The number of nitrogens with one attached hydrogen (secondary N) is 1. The molecule has 1 aromatic heterocycles. The number of carbonyl (C=O) groups excluding carboxylic acids is 3. The molecule has 0 amide bonds. The van der Waals surface area contributed by atoms with Crippen LogP contribution in [-0.2, 0) is 23.9 Å². The number of ketones is 1. The van der Waals surface area contributed by atoms with Gasteiger partial charge in [0.05, 0.1) is 19.8 Å². The molecule has 2 aliphatic heterocycles. The lowest BCUT2D eigenvalue weighted by molar-refractivity contribution is -0.149. The Morgan fingerprint density at radius 2 is 1.91 bits per heavy atom. The van der Waals surface area contributed by atoms with Crippen LogP contribution in [0.25, 0.3) is 0 Å². The van der Waals surface area contributed by atoms with Crippen molar-refractivity contribution in [2.75, 3.05) is 21.0 Å². The molecule has 8 nitrogen and oxygen atoms in total. The number of esters is 2. The second kappa shape index (κ2) is 8.64. The summed E-state index contributed by atoms with van der Waals surface area (Å²) in [6.07, 6.45) is 0.425.